The second-order valence-corrected chi connectivity index (χ2v) is 8.89. The minimum atomic E-state index is -0.0628. The molecule has 2 N–H and O–H groups in total. The van der Waals surface area contributed by atoms with E-state index in [2.05, 4.69) is 32.5 Å². The van der Waals surface area contributed by atoms with E-state index in [1.54, 1.807) is 40.9 Å². The standard InChI is InChI=1S/C22H24N6OS/c1-13-20-16(9-17(21(13)20)27-22-24-11-15(30-2)12-25-22)26-18-7-6-14(10-23-18)28-8-4-3-5-19(28)29/h3-8,10-13,16-17,20-21H,9H2,1-2H3,(H,23,26)(H,24,25,27)/t13-,16-,17-,20-,21+/m1/s1. The third-order valence-corrected chi connectivity index (χ3v) is 7.00. The highest BCUT2D eigenvalue weighted by Crippen LogP contribution is 2.58. The van der Waals surface area contributed by atoms with Crippen LogP contribution in [0.2, 0.25) is 0 Å². The molecule has 0 unspecified atom stereocenters. The second kappa shape index (κ2) is 7.75. The summed E-state index contributed by atoms with van der Waals surface area (Å²) in [4.78, 5) is 26.5. The number of rotatable bonds is 6. The Kier molecular flexibility index (Phi) is 4.94. The summed E-state index contributed by atoms with van der Waals surface area (Å²) in [5.74, 6) is 3.47. The molecule has 0 amide bonds. The molecule has 0 saturated heterocycles. The van der Waals surface area contributed by atoms with Gasteiger partial charge in [-0.3, -0.25) is 9.36 Å². The maximum Gasteiger partial charge on any atom is 0.255 e. The van der Waals surface area contributed by atoms with Gasteiger partial charge in [-0.25, -0.2) is 15.0 Å². The molecule has 3 heterocycles. The van der Waals surface area contributed by atoms with Crippen LogP contribution in [0.25, 0.3) is 5.69 Å². The number of anilines is 2. The van der Waals surface area contributed by atoms with Crippen molar-refractivity contribution in [3.8, 4) is 5.69 Å². The van der Waals surface area contributed by atoms with Crippen LogP contribution in [0.15, 0.2) is 64.8 Å². The number of hydrogen-bond acceptors (Lipinski definition) is 7. The van der Waals surface area contributed by atoms with E-state index >= 15 is 0 Å². The molecule has 0 spiro atoms. The lowest BCUT2D eigenvalue weighted by atomic mass is 10.1. The number of nitrogens with one attached hydrogen (secondary N) is 2. The molecule has 5 atom stereocenters. The average molecular weight is 421 g/mol. The van der Waals surface area contributed by atoms with E-state index < -0.39 is 0 Å². The Morgan fingerprint density at radius 2 is 1.77 bits per heavy atom. The molecule has 0 aliphatic heterocycles. The van der Waals surface area contributed by atoms with E-state index in [1.807, 2.05) is 36.8 Å². The van der Waals surface area contributed by atoms with Crippen molar-refractivity contribution in [2.24, 2.45) is 17.8 Å². The van der Waals surface area contributed by atoms with E-state index in [1.165, 1.54) is 0 Å². The summed E-state index contributed by atoms with van der Waals surface area (Å²) in [5, 5.41) is 7.14. The van der Waals surface area contributed by atoms with Gasteiger partial charge in [-0.05, 0) is 48.6 Å². The maximum atomic E-state index is 12.0. The largest absolute Gasteiger partial charge is 0.367 e. The zero-order valence-electron chi connectivity index (χ0n) is 16.9. The van der Waals surface area contributed by atoms with Crippen LogP contribution in [0, 0.1) is 17.8 Å². The smallest absolute Gasteiger partial charge is 0.255 e. The van der Waals surface area contributed by atoms with Crippen molar-refractivity contribution in [1.82, 2.24) is 19.5 Å². The molecule has 3 aromatic rings. The monoisotopic (exact) mass is 420 g/mol. The SMILES string of the molecule is CSc1cnc(N[C@@H]2C[C@@H](Nc3ccc(-n4ccccc4=O)cn3)[C@H]3[C@@H](C)[C@H]32)nc1. The quantitative estimate of drug-likeness (QED) is 0.592. The molecule has 5 rings (SSSR count). The zero-order valence-corrected chi connectivity index (χ0v) is 17.7. The van der Waals surface area contributed by atoms with Gasteiger partial charge >= 0.3 is 0 Å². The van der Waals surface area contributed by atoms with Crippen molar-refractivity contribution in [1.29, 1.82) is 0 Å². The van der Waals surface area contributed by atoms with Gasteiger partial charge < -0.3 is 10.6 Å². The molecule has 2 fully saturated rings. The summed E-state index contributed by atoms with van der Waals surface area (Å²) in [7, 11) is 0. The van der Waals surface area contributed by atoms with E-state index in [0.717, 1.165) is 22.8 Å². The minimum Gasteiger partial charge on any atom is -0.367 e. The molecule has 3 aromatic heterocycles. The molecule has 0 aromatic carbocycles. The zero-order chi connectivity index (χ0) is 20.7. The Bertz CT molecular complexity index is 1080. The van der Waals surface area contributed by atoms with Crippen molar-refractivity contribution in [3.05, 3.63) is 65.5 Å². The molecule has 0 bridgehead atoms. The predicted molar refractivity (Wildman–Crippen MR) is 119 cm³/mol. The first-order valence-corrected chi connectivity index (χ1v) is 11.4. The summed E-state index contributed by atoms with van der Waals surface area (Å²) in [6.07, 6.45) is 10.3. The molecule has 2 aliphatic carbocycles. The van der Waals surface area contributed by atoms with E-state index in [0.29, 0.717) is 35.8 Å². The van der Waals surface area contributed by atoms with Gasteiger partial charge in [0.15, 0.2) is 0 Å². The lowest BCUT2D eigenvalue weighted by Crippen LogP contribution is -2.28. The van der Waals surface area contributed by atoms with Gasteiger partial charge in [-0.15, -0.1) is 11.8 Å². The second-order valence-electron chi connectivity index (χ2n) is 8.01. The molecule has 30 heavy (non-hydrogen) atoms. The van der Waals surface area contributed by atoms with Crippen molar-refractivity contribution < 1.29 is 0 Å². The first-order chi connectivity index (χ1) is 14.6. The average Bonchev–Trinajstić information content (AvgIpc) is 3.31. The fourth-order valence-corrected chi connectivity index (χ4v) is 5.12. The Labute approximate surface area is 179 Å². The van der Waals surface area contributed by atoms with Crippen molar-refractivity contribution in [3.63, 3.8) is 0 Å². The van der Waals surface area contributed by atoms with Crippen LogP contribution in [0.5, 0.6) is 0 Å². The molecular formula is C22H24N6OS. The van der Waals surface area contributed by atoms with Crippen molar-refractivity contribution in [2.45, 2.75) is 30.3 Å². The van der Waals surface area contributed by atoms with Gasteiger partial charge in [0.2, 0.25) is 5.95 Å². The third kappa shape index (κ3) is 3.56. The van der Waals surface area contributed by atoms with Crippen LogP contribution in [0.4, 0.5) is 11.8 Å². The first kappa shape index (κ1) is 19.1. The normalized spacial score (nSPS) is 26.8. The summed E-state index contributed by atoms with van der Waals surface area (Å²) < 4.78 is 1.59. The summed E-state index contributed by atoms with van der Waals surface area (Å²) in [6, 6.07) is 9.73. The lowest BCUT2D eigenvalue weighted by Gasteiger charge is -2.21. The number of hydrogen-bond donors (Lipinski definition) is 2. The van der Waals surface area contributed by atoms with E-state index in [-0.39, 0.29) is 5.56 Å². The van der Waals surface area contributed by atoms with Gasteiger partial charge in [-0.1, -0.05) is 13.0 Å². The Balaban J connectivity index is 1.25. The molecule has 2 saturated carbocycles. The molecule has 2 aliphatic rings. The molecule has 154 valence electrons. The van der Waals surface area contributed by atoms with Crippen molar-refractivity contribution in [2.75, 3.05) is 16.9 Å². The summed E-state index contributed by atoms with van der Waals surface area (Å²) in [6.45, 7) is 2.31. The lowest BCUT2D eigenvalue weighted by molar-refractivity contribution is 0.542. The topological polar surface area (TPSA) is 84.7 Å². The Morgan fingerprint density at radius 1 is 1.00 bits per heavy atom. The van der Waals surface area contributed by atoms with Gasteiger partial charge in [0.25, 0.3) is 5.56 Å². The molecule has 0 radical (unpaired) electrons. The molecular weight excluding hydrogens is 396 g/mol. The number of nitrogens with zero attached hydrogens (tertiary/aromatic N) is 4. The highest BCUT2D eigenvalue weighted by molar-refractivity contribution is 7.98. The van der Waals surface area contributed by atoms with Crippen molar-refractivity contribution >= 4 is 23.5 Å². The maximum absolute atomic E-state index is 12.0. The summed E-state index contributed by atoms with van der Waals surface area (Å²) in [5.41, 5.74) is 0.702. The first-order valence-electron chi connectivity index (χ1n) is 10.2. The fraction of sp³-hybridized carbons (Fsp3) is 0.364. The van der Waals surface area contributed by atoms with Gasteiger partial charge in [0.1, 0.15) is 5.82 Å². The number of pyridine rings is 2. The van der Waals surface area contributed by atoms with E-state index in [4.69, 9.17) is 0 Å². The van der Waals surface area contributed by atoms with Crippen LogP contribution >= 0.6 is 11.8 Å². The predicted octanol–water partition coefficient (Wildman–Crippen LogP) is 3.29. The Hall–Kier alpha value is -2.87. The molecule has 7 nitrogen and oxygen atoms in total. The van der Waals surface area contributed by atoms with Gasteiger partial charge in [-0.2, -0.15) is 0 Å². The van der Waals surface area contributed by atoms with Crippen LogP contribution in [-0.2, 0) is 0 Å². The Morgan fingerprint density at radius 3 is 2.43 bits per heavy atom. The number of fused-ring (bicyclic) bond motifs is 1. The highest BCUT2D eigenvalue weighted by atomic mass is 32.2. The number of thioether (sulfide) groups is 1. The molecule has 8 heteroatoms. The highest BCUT2D eigenvalue weighted by Gasteiger charge is 2.60. The summed E-state index contributed by atoms with van der Waals surface area (Å²) >= 11 is 1.64. The van der Waals surface area contributed by atoms with Crippen LogP contribution < -0.4 is 16.2 Å². The van der Waals surface area contributed by atoms with E-state index in [9.17, 15) is 4.79 Å². The van der Waals surface area contributed by atoms with Crippen LogP contribution in [0.1, 0.15) is 13.3 Å². The fourth-order valence-electron chi connectivity index (χ4n) is 4.80. The van der Waals surface area contributed by atoms with Crippen LogP contribution in [0.3, 0.4) is 0 Å². The third-order valence-electron chi connectivity index (χ3n) is 6.32. The van der Waals surface area contributed by atoms with Gasteiger partial charge in [0, 0.05) is 41.6 Å². The minimum absolute atomic E-state index is 0.0628. The number of aromatic nitrogens is 4. The van der Waals surface area contributed by atoms with Gasteiger partial charge in [0.05, 0.1) is 11.9 Å². The van der Waals surface area contributed by atoms with Crippen LogP contribution in [-0.4, -0.2) is 37.9 Å².